The number of sulfonamides is 1. The highest BCUT2D eigenvalue weighted by molar-refractivity contribution is 7.92. The molecule has 1 atom stereocenters. The molecule has 0 amide bonds. The standard InChI is InChI=1S/C27H36N2O3S/c1-21(2)17-28(18-22(3)4)19-26(30)20-29(25-12-6-5-7-13-25)33(31,32)27-15-14-23-10-8-9-11-24(23)16-27/h5-16,21-22,26,30H,17-20H2,1-4H3. The van der Waals surface area contributed by atoms with Crippen LogP contribution in [0.15, 0.2) is 77.7 Å². The maximum Gasteiger partial charge on any atom is 0.264 e. The molecule has 1 N–H and O–H groups in total. The summed E-state index contributed by atoms with van der Waals surface area (Å²) in [6.45, 7) is 10.7. The van der Waals surface area contributed by atoms with Gasteiger partial charge in [0.1, 0.15) is 0 Å². The summed E-state index contributed by atoms with van der Waals surface area (Å²) >= 11 is 0. The van der Waals surface area contributed by atoms with Crippen molar-refractivity contribution in [1.82, 2.24) is 4.90 Å². The van der Waals surface area contributed by atoms with Gasteiger partial charge in [-0.05, 0) is 46.9 Å². The molecule has 1 unspecified atom stereocenters. The molecule has 178 valence electrons. The van der Waals surface area contributed by atoms with Crippen LogP contribution in [-0.4, -0.2) is 50.7 Å². The Bertz CT molecular complexity index is 1120. The predicted octanol–water partition coefficient (Wildman–Crippen LogP) is 5.01. The lowest BCUT2D eigenvalue weighted by Gasteiger charge is -2.31. The second kappa shape index (κ2) is 11.1. The van der Waals surface area contributed by atoms with Gasteiger partial charge in [-0.1, -0.05) is 76.2 Å². The van der Waals surface area contributed by atoms with Crippen molar-refractivity contribution in [1.29, 1.82) is 0 Å². The number of aliphatic hydroxyl groups excluding tert-OH is 1. The molecule has 0 saturated heterocycles. The van der Waals surface area contributed by atoms with Crippen molar-refractivity contribution in [3.63, 3.8) is 0 Å². The molecule has 33 heavy (non-hydrogen) atoms. The first-order valence-corrected chi connectivity index (χ1v) is 13.1. The number of para-hydroxylation sites is 1. The van der Waals surface area contributed by atoms with E-state index in [9.17, 15) is 13.5 Å². The lowest BCUT2D eigenvalue weighted by molar-refractivity contribution is 0.104. The largest absolute Gasteiger partial charge is 0.390 e. The van der Waals surface area contributed by atoms with Crippen LogP contribution in [0.3, 0.4) is 0 Å². The third-order valence-corrected chi connectivity index (χ3v) is 7.24. The Hall–Kier alpha value is -2.41. The van der Waals surface area contributed by atoms with E-state index in [-0.39, 0.29) is 11.4 Å². The van der Waals surface area contributed by atoms with E-state index in [2.05, 4.69) is 32.6 Å². The highest BCUT2D eigenvalue weighted by Crippen LogP contribution is 2.26. The number of benzene rings is 3. The Morgan fingerprint density at radius 1 is 0.727 bits per heavy atom. The lowest BCUT2D eigenvalue weighted by Crippen LogP contribution is -2.44. The Balaban J connectivity index is 1.91. The normalized spacial score (nSPS) is 13.2. The summed E-state index contributed by atoms with van der Waals surface area (Å²) in [5, 5.41) is 12.9. The van der Waals surface area contributed by atoms with E-state index in [0.29, 0.717) is 24.1 Å². The van der Waals surface area contributed by atoms with Crippen LogP contribution < -0.4 is 4.31 Å². The first-order chi connectivity index (χ1) is 15.7. The highest BCUT2D eigenvalue weighted by atomic mass is 32.2. The maximum atomic E-state index is 13.8. The zero-order valence-electron chi connectivity index (χ0n) is 20.1. The fourth-order valence-corrected chi connectivity index (χ4v) is 5.73. The number of nitrogens with zero attached hydrogens (tertiary/aromatic N) is 2. The number of anilines is 1. The SMILES string of the molecule is CC(C)CN(CC(C)C)CC(O)CN(c1ccccc1)S(=O)(=O)c1ccc2ccccc2c1. The van der Waals surface area contributed by atoms with Gasteiger partial charge in [-0.3, -0.25) is 4.31 Å². The third kappa shape index (κ3) is 6.79. The Kier molecular flexibility index (Phi) is 8.51. The summed E-state index contributed by atoms with van der Waals surface area (Å²) in [6.07, 6.45) is -0.821. The Labute approximate surface area is 198 Å². The average Bonchev–Trinajstić information content (AvgIpc) is 2.76. The molecule has 3 aromatic rings. The molecule has 0 spiro atoms. The molecule has 0 bridgehead atoms. The van der Waals surface area contributed by atoms with Crippen LogP contribution in [0.1, 0.15) is 27.7 Å². The van der Waals surface area contributed by atoms with Crippen molar-refractivity contribution >= 4 is 26.5 Å². The van der Waals surface area contributed by atoms with E-state index < -0.39 is 16.1 Å². The fraction of sp³-hybridized carbons (Fsp3) is 0.407. The topological polar surface area (TPSA) is 60.9 Å². The quantitative estimate of drug-likeness (QED) is 0.430. The van der Waals surface area contributed by atoms with Gasteiger partial charge >= 0.3 is 0 Å². The van der Waals surface area contributed by atoms with Crippen molar-refractivity contribution in [3.8, 4) is 0 Å². The summed E-state index contributed by atoms with van der Waals surface area (Å²) in [6, 6.07) is 21.9. The highest BCUT2D eigenvalue weighted by Gasteiger charge is 2.28. The van der Waals surface area contributed by atoms with Gasteiger partial charge < -0.3 is 10.0 Å². The molecule has 0 heterocycles. The van der Waals surface area contributed by atoms with Gasteiger partial charge in [0.25, 0.3) is 10.0 Å². The fourth-order valence-electron chi connectivity index (χ4n) is 4.20. The molecule has 0 aliphatic heterocycles. The summed E-state index contributed by atoms with van der Waals surface area (Å²) in [5.74, 6) is 0.921. The van der Waals surface area contributed by atoms with E-state index in [4.69, 9.17) is 0 Å². The molecule has 0 saturated carbocycles. The summed E-state index contributed by atoms with van der Waals surface area (Å²) < 4.78 is 28.8. The second-order valence-electron chi connectivity index (χ2n) is 9.54. The maximum absolute atomic E-state index is 13.8. The number of hydrogen-bond acceptors (Lipinski definition) is 4. The predicted molar refractivity (Wildman–Crippen MR) is 137 cm³/mol. The molecular weight excluding hydrogens is 432 g/mol. The van der Waals surface area contributed by atoms with E-state index in [1.54, 1.807) is 24.3 Å². The molecule has 0 aliphatic rings. The smallest absolute Gasteiger partial charge is 0.264 e. The minimum atomic E-state index is -3.87. The van der Waals surface area contributed by atoms with Gasteiger partial charge in [0, 0.05) is 19.6 Å². The average molecular weight is 469 g/mol. The third-order valence-electron chi connectivity index (χ3n) is 5.45. The van der Waals surface area contributed by atoms with Crippen molar-refractivity contribution in [2.45, 2.75) is 38.7 Å². The number of fused-ring (bicyclic) bond motifs is 1. The van der Waals surface area contributed by atoms with E-state index >= 15 is 0 Å². The van der Waals surface area contributed by atoms with Crippen molar-refractivity contribution in [2.24, 2.45) is 11.8 Å². The molecule has 3 aromatic carbocycles. The molecule has 5 nitrogen and oxygen atoms in total. The second-order valence-corrected chi connectivity index (χ2v) is 11.4. The van der Waals surface area contributed by atoms with Gasteiger partial charge in [-0.25, -0.2) is 8.42 Å². The monoisotopic (exact) mass is 468 g/mol. The van der Waals surface area contributed by atoms with E-state index in [0.717, 1.165) is 23.9 Å². The zero-order chi connectivity index (χ0) is 24.0. The van der Waals surface area contributed by atoms with E-state index in [1.165, 1.54) is 4.31 Å². The molecular formula is C27H36N2O3S. The molecule has 0 aliphatic carbocycles. The van der Waals surface area contributed by atoms with Crippen LogP contribution in [0, 0.1) is 11.8 Å². The Morgan fingerprint density at radius 3 is 1.91 bits per heavy atom. The van der Waals surface area contributed by atoms with Crippen LogP contribution in [-0.2, 0) is 10.0 Å². The summed E-state index contributed by atoms with van der Waals surface area (Å²) in [7, 11) is -3.87. The van der Waals surface area contributed by atoms with Gasteiger partial charge in [0.2, 0.25) is 0 Å². The molecule has 0 fully saturated rings. The van der Waals surface area contributed by atoms with Crippen molar-refractivity contribution in [3.05, 3.63) is 72.8 Å². The molecule has 6 heteroatoms. The Morgan fingerprint density at radius 2 is 1.30 bits per heavy atom. The minimum absolute atomic E-state index is 0.00807. The number of aliphatic hydroxyl groups is 1. The van der Waals surface area contributed by atoms with Crippen molar-refractivity contribution in [2.75, 3.05) is 30.5 Å². The van der Waals surface area contributed by atoms with Gasteiger partial charge in [-0.2, -0.15) is 0 Å². The summed E-state index contributed by atoms with van der Waals surface area (Å²) in [4.78, 5) is 2.45. The van der Waals surface area contributed by atoms with Gasteiger partial charge in [0.05, 0.1) is 23.2 Å². The first-order valence-electron chi connectivity index (χ1n) is 11.6. The lowest BCUT2D eigenvalue weighted by atomic mass is 10.1. The molecule has 0 radical (unpaired) electrons. The summed E-state index contributed by atoms with van der Waals surface area (Å²) in [5.41, 5.74) is 0.545. The number of rotatable bonds is 11. The first kappa shape index (κ1) is 25.2. The number of hydrogen-bond donors (Lipinski definition) is 1. The van der Waals surface area contributed by atoms with E-state index in [1.807, 2.05) is 48.5 Å². The molecule has 0 aromatic heterocycles. The van der Waals surface area contributed by atoms with Crippen LogP contribution in [0.4, 0.5) is 5.69 Å². The minimum Gasteiger partial charge on any atom is -0.390 e. The van der Waals surface area contributed by atoms with Crippen molar-refractivity contribution < 1.29 is 13.5 Å². The van der Waals surface area contributed by atoms with Crippen LogP contribution >= 0.6 is 0 Å². The van der Waals surface area contributed by atoms with Crippen LogP contribution in [0.25, 0.3) is 10.8 Å². The zero-order valence-corrected chi connectivity index (χ0v) is 20.9. The van der Waals surface area contributed by atoms with Gasteiger partial charge in [0.15, 0.2) is 0 Å². The molecule has 3 rings (SSSR count). The van der Waals surface area contributed by atoms with Crippen LogP contribution in [0.5, 0.6) is 0 Å². The van der Waals surface area contributed by atoms with Gasteiger partial charge in [-0.15, -0.1) is 0 Å². The van der Waals surface area contributed by atoms with Crippen LogP contribution in [0.2, 0.25) is 0 Å².